The van der Waals surface area contributed by atoms with Crippen molar-refractivity contribution in [1.82, 2.24) is 5.10 Å². The average Bonchev–Trinajstić information content (AvgIpc) is 2.40. The topological polar surface area (TPSA) is 84.3 Å². The molecule has 0 spiro atoms. The summed E-state index contributed by atoms with van der Waals surface area (Å²) in [6.45, 7) is 0.265. The Morgan fingerprint density at radius 2 is 2.06 bits per heavy atom. The van der Waals surface area contributed by atoms with Gasteiger partial charge in [-0.1, -0.05) is 18.2 Å². The quantitative estimate of drug-likeness (QED) is 0.640. The molecule has 1 aromatic heterocycles. The number of nitrogen functional groups attached to an aromatic ring is 1. The lowest BCUT2D eigenvalue weighted by atomic mass is 10.2. The van der Waals surface area contributed by atoms with Crippen LogP contribution < -0.4 is 20.1 Å². The number of para-hydroxylation sites is 1. The van der Waals surface area contributed by atoms with Gasteiger partial charge in [0.05, 0.1) is 7.11 Å². The second kappa shape index (κ2) is 5.22. The Balaban J connectivity index is 2.09. The van der Waals surface area contributed by atoms with E-state index in [4.69, 9.17) is 15.2 Å². The molecule has 0 aliphatic heterocycles. The minimum absolute atomic E-state index is 0.0274. The summed E-state index contributed by atoms with van der Waals surface area (Å²) >= 11 is 0. The van der Waals surface area contributed by atoms with Crippen molar-refractivity contribution < 1.29 is 14.3 Å². The Morgan fingerprint density at radius 1 is 1.28 bits per heavy atom. The first-order valence-corrected chi connectivity index (χ1v) is 5.32. The van der Waals surface area contributed by atoms with Gasteiger partial charge in [-0.25, -0.2) is 0 Å². The minimum atomic E-state index is 0.0274. The molecule has 0 radical (unpaired) electrons. The van der Waals surface area contributed by atoms with Crippen LogP contribution >= 0.6 is 0 Å². The highest BCUT2D eigenvalue weighted by Crippen LogP contribution is 2.18. The SMILES string of the molecule is COc1ccccc1COc1ccc(N)[n+]([O-])n1. The number of hydrogen-bond acceptors (Lipinski definition) is 5. The summed E-state index contributed by atoms with van der Waals surface area (Å²) in [5.74, 6) is 0.965. The molecule has 1 aromatic carbocycles. The second-order valence-corrected chi connectivity index (χ2v) is 3.57. The van der Waals surface area contributed by atoms with Crippen molar-refractivity contribution in [2.24, 2.45) is 0 Å². The lowest BCUT2D eigenvalue weighted by Gasteiger charge is -2.10. The summed E-state index contributed by atoms with van der Waals surface area (Å²) in [7, 11) is 1.59. The van der Waals surface area contributed by atoms with E-state index in [2.05, 4.69) is 5.10 Å². The highest BCUT2D eigenvalue weighted by molar-refractivity contribution is 5.33. The van der Waals surface area contributed by atoms with E-state index in [1.54, 1.807) is 13.2 Å². The van der Waals surface area contributed by atoms with E-state index >= 15 is 0 Å². The molecule has 0 fully saturated rings. The fourth-order valence-corrected chi connectivity index (χ4v) is 1.45. The first-order chi connectivity index (χ1) is 8.70. The van der Waals surface area contributed by atoms with Gasteiger partial charge < -0.3 is 14.7 Å². The van der Waals surface area contributed by atoms with E-state index in [1.807, 2.05) is 24.3 Å². The number of rotatable bonds is 4. The van der Waals surface area contributed by atoms with Crippen LogP contribution in [-0.2, 0) is 6.61 Å². The summed E-state index contributed by atoms with van der Waals surface area (Å²) in [5, 5.41) is 14.8. The van der Waals surface area contributed by atoms with Crippen LogP contribution in [0, 0.1) is 5.21 Å². The van der Waals surface area contributed by atoms with Gasteiger partial charge in [0.1, 0.15) is 12.4 Å². The Kier molecular flexibility index (Phi) is 3.47. The first-order valence-electron chi connectivity index (χ1n) is 5.32. The van der Waals surface area contributed by atoms with Crippen LogP contribution in [-0.4, -0.2) is 12.2 Å². The molecule has 0 unspecified atom stereocenters. The average molecular weight is 247 g/mol. The maximum absolute atomic E-state index is 11.2. The maximum atomic E-state index is 11.2. The van der Waals surface area contributed by atoms with Crippen molar-refractivity contribution in [3.05, 3.63) is 47.2 Å². The van der Waals surface area contributed by atoms with Crippen molar-refractivity contribution in [2.45, 2.75) is 6.61 Å². The number of benzene rings is 1. The Labute approximate surface area is 104 Å². The molecule has 0 aliphatic carbocycles. The number of nitrogens with zero attached hydrogens (tertiary/aromatic N) is 2. The predicted molar refractivity (Wildman–Crippen MR) is 64.9 cm³/mol. The summed E-state index contributed by atoms with van der Waals surface area (Å²) in [6, 6.07) is 10.4. The molecule has 2 rings (SSSR count). The van der Waals surface area contributed by atoms with Gasteiger partial charge in [0, 0.05) is 17.7 Å². The zero-order chi connectivity index (χ0) is 13.0. The molecular weight excluding hydrogens is 234 g/mol. The summed E-state index contributed by atoms with van der Waals surface area (Å²) in [6.07, 6.45) is 0. The number of anilines is 1. The molecule has 0 amide bonds. The molecule has 0 bridgehead atoms. The Morgan fingerprint density at radius 3 is 2.78 bits per heavy atom. The fourth-order valence-electron chi connectivity index (χ4n) is 1.45. The van der Waals surface area contributed by atoms with Crippen LogP contribution in [0.15, 0.2) is 36.4 Å². The zero-order valence-electron chi connectivity index (χ0n) is 9.87. The monoisotopic (exact) mass is 247 g/mol. The summed E-state index contributed by atoms with van der Waals surface area (Å²) in [5.41, 5.74) is 6.23. The van der Waals surface area contributed by atoms with Gasteiger partial charge >= 0.3 is 0 Å². The standard InChI is InChI=1S/C12H13N3O3/c1-17-10-5-3-2-4-9(10)8-18-12-7-6-11(13)15(16)14-12/h2-7H,8,13H2,1H3. The molecule has 0 atom stereocenters. The van der Waals surface area contributed by atoms with E-state index < -0.39 is 0 Å². The van der Waals surface area contributed by atoms with Gasteiger partial charge in [0.2, 0.25) is 0 Å². The van der Waals surface area contributed by atoms with Crippen molar-refractivity contribution in [3.8, 4) is 11.6 Å². The number of hydrogen-bond donors (Lipinski definition) is 1. The largest absolute Gasteiger partial charge is 0.691 e. The Hall–Kier alpha value is -2.50. The van der Waals surface area contributed by atoms with Gasteiger partial charge in [-0.15, -0.1) is 4.85 Å². The van der Waals surface area contributed by atoms with E-state index in [0.29, 0.717) is 4.85 Å². The maximum Gasteiger partial charge on any atom is 0.297 e. The molecule has 1 heterocycles. The Bertz CT molecular complexity index is 546. The molecule has 2 N–H and O–H groups in total. The van der Waals surface area contributed by atoms with Crippen molar-refractivity contribution >= 4 is 5.82 Å². The number of methoxy groups -OCH3 is 1. The lowest BCUT2D eigenvalue weighted by Crippen LogP contribution is -2.34. The third-order valence-corrected chi connectivity index (χ3v) is 2.38. The first kappa shape index (κ1) is 12.0. The molecule has 6 heteroatoms. The number of ether oxygens (including phenoxy) is 2. The number of aromatic nitrogens is 2. The van der Waals surface area contributed by atoms with Crippen LogP contribution in [0.25, 0.3) is 0 Å². The molecular formula is C12H13N3O3. The van der Waals surface area contributed by atoms with Gasteiger partial charge in [-0.3, -0.25) is 5.73 Å². The summed E-state index contributed by atoms with van der Waals surface area (Å²) < 4.78 is 10.6. The van der Waals surface area contributed by atoms with E-state index in [9.17, 15) is 5.21 Å². The highest BCUT2D eigenvalue weighted by atomic mass is 16.5. The smallest absolute Gasteiger partial charge is 0.297 e. The summed E-state index contributed by atoms with van der Waals surface area (Å²) in [4.78, 5) is 0.317. The minimum Gasteiger partial charge on any atom is -0.691 e. The molecule has 0 aliphatic rings. The van der Waals surface area contributed by atoms with Gasteiger partial charge in [0.15, 0.2) is 0 Å². The van der Waals surface area contributed by atoms with Gasteiger partial charge in [0.25, 0.3) is 11.7 Å². The lowest BCUT2D eigenvalue weighted by molar-refractivity contribution is -0.655. The third-order valence-electron chi connectivity index (χ3n) is 2.38. The normalized spacial score (nSPS) is 10.1. The van der Waals surface area contributed by atoms with Crippen LogP contribution in [0.3, 0.4) is 0 Å². The molecule has 6 nitrogen and oxygen atoms in total. The van der Waals surface area contributed by atoms with E-state index in [1.165, 1.54) is 6.07 Å². The third kappa shape index (κ3) is 2.60. The second-order valence-electron chi connectivity index (χ2n) is 3.57. The van der Waals surface area contributed by atoms with Gasteiger partial charge in [-0.2, -0.15) is 0 Å². The zero-order valence-corrected chi connectivity index (χ0v) is 9.87. The fraction of sp³-hybridized carbons (Fsp3) is 0.167. The van der Waals surface area contributed by atoms with E-state index in [0.717, 1.165) is 11.3 Å². The molecule has 94 valence electrons. The predicted octanol–water partition coefficient (Wildman–Crippen LogP) is 0.885. The van der Waals surface area contributed by atoms with Crippen LogP contribution in [0.2, 0.25) is 0 Å². The molecule has 18 heavy (non-hydrogen) atoms. The van der Waals surface area contributed by atoms with Crippen molar-refractivity contribution in [3.63, 3.8) is 0 Å². The van der Waals surface area contributed by atoms with Crippen molar-refractivity contribution in [1.29, 1.82) is 0 Å². The molecule has 0 saturated heterocycles. The molecule has 2 aromatic rings. The number of nitrogens with two attached hydrogens (primary N) is 1. The van der Waals surface area contributed by atoms with Crippen molar-refractivity contribution in [2.75, 3.05) is 12.8 Å². The van der Waals surface area contributed by atoms with Gasteiger partial charge in [-0.05, 0) is 11.2 Å². The van der Waals surface area contributed by atoms with Crippen LogP contribution in [0.5, 0.6) is 11.6 Å². The highest BCUT2D eigenvalue weighted by Gasteiger charge is 2.05. The van der Waals surface area contributed by atoms with Crippen LogP contribution in [0.4, 0.5) is 5.82 Å². The van der Waals surface area contributed by atoms with E-state index in [-0.39, 0.29) is 18.3 Å². The van der Waals surface area contributed by atoms with Crippen LogP contribution in [0.1, 0.15) is 5.56 Å². The molecule has 0 saturated carbocycles.